The van der Waals surface area contributed by atoms with Crippen LogP contribution in [0.2, 0.25) is 0 Å². The number of aliphatic hydroxyl groups excluding tert-OH is 1. The standard InChI is InChI=1S/C47H65N10O17PS/c1-24(2)17-30(40(62)52-31(19-28-21-48-23-49-28)41(63)54-33(22-58)42(64)55-39(26(4)74-75(71,72)73)44(66)50-25(3)47(69)70)53-43(65)34-10-7-15-56(34)46(68)35-11-8-16-57(35)45(67)32(20-38(60)61)51-37(59)14-13-29-18-27-9-5-6-12-36(27)76-29/h5-6,9,12,18,21,23-26,30-35,39,58H,7-8,10-11,13-17,19-20,22H2,1-4H3,(H,48,49)(H,50,66)(H,51,59)(H,52,62)(H,53,65)(H,54,63)(H,55,64)(H,60,61)(H,69,70)(H2,71,72,73)/p-4/t25-,26+,30-,31-,32-,33-,34-,35-,39-/m0/s1. The molecule has 2 saturated heterocycles. The van der Waals surface area contributed by atoms with Crippen molar-refractivity contribution in [2.24, 2.45) is 5.92 Å². The lowest BCUT2D eigenvalue weighted by atomic mass is 10.0. The largest absolute Gasteiger partial charge is 0.790 e. The molecule has 3 aromatic rings. The molecule has 8 N–H and O–H groups in total. The number of H-pyrrole nitrogens is 1. The highest BCUT2D eigenvalue weighted by Crippen LogP contribution is 2.30. The highest BCUT2D eigenvalue weighted by molar-refractivity contribution is 7.43. The third kappa shape index (κ3) is 17.1. The summed E-state index contributed by atoms with van der Waals surface area (Å²) < 4.78 is 16.7. The van der Waals surface area contributed by atoms with E-state index in [9.17, 15) is 77.6 Å². The number of aliphatic carboxylic acids is 2. The van der Waals surface area contributed by atoms with Crippen molar-refractivity contribution >= 4 is 88.4 Å². The van der Waals surface area contributed by atoms with Crippen LogP contribution in [0.1, 0.15) is 83.2 Å². The summed E-state index contributed by atoms with van der Waals surface area (Å²) in [6.07, 6.45) is 0.788. The second-order valence-electron chi connectivity index (χ2n) is 18.9. The van der Waals surface area contributed by atoms with Crippen molar-refractivity contribution in [3.8, 4) is 0 Å². The van der Waals surface area contributed by atoms with E-state index in [0.29, 0.717) is 19.3 Å². The van der Waals surface area contributed by atoms with Gasteiger partial charge in [-0.05, 0) is 75.8 Å². The molecule has 9 atom stereocenters. The molecule has 8 amide bonds. The number of imidazole rings is 1. The molecular formula is C47H61N10O17PS-4. The van der Waals surface area contributed by atoms with E-state index < -0.39 is 134 Å². The maximum absolute atomic E-state index is 14.3. The van der Waals surface area contributed by atoms with Gasteiger partial charge in [0.05, 0.1) is 38.9 Å². The second-order valence-corrected chi connectivity index (χ2v) is 21.2. The SMILES string of the molecule is CC(C)C[C@H](NC(=O)[C@@H]1CCCN1C(=O)[C@@H]1CCCN1C(=O)[C@H](CC(=O)[O-])NC(=O)CCc1cc2ccccc2s1)C(=O)N[C@@H](Cc1cnc[nH]1)C(=O)N[C@@H](CO)C(=O)N[C@H](C(=O)N[C@@H](C)C(=O)[O-])[C@@H](C)OP(=O)([O-])[O-]. The van der Waals surface area contributed by atoms with Crippen molar-refractivity contribution < 1.29 is 82.1 Å². The zero-order valence-electron chi connectivity index (χ0n) is 42.0. The smallest absolute Gasteiger partial charge is 0.246 e. The third-order valence-corrected chi connectivity index (χ3v) is 14.3. The topological polar surface area (TPSA) is 417 Å². The van der Waals surface area contributed by atoms with Crippen LogP contribution in [-0.2, 0) is 69.9 Å². The molecule has 416 valence electrons. The van der Waals surface area contributed by atoms with Gasteiger partial charge in [0, 0.05) is 59.8 Å². The predicted molar refractivity (Wildman–Crippen MR) is 258 cm³/mol. The van der Waals surface area contributed by atoms with Gasteiger partial charge >= 0.3 is 0 Å². The van der Waals surface area contributed by atoms with Gasteiger partial charge in [-0.25, -0.2) is 4.98 Å². The van der Waals surface area contributed by atoms with Crippen molar-refractivity contribution in [1.29, 1.82) is 0 Å². The first-order valence-electron chi connectivity index (χ1n) is 24.4. The molecule has 0 radical (unpaired) electrons. The number of aromatic nitrogens is 2. The summed E-state index contributed by atoms with van der Waals surface area (Å²) in [6.45, 7) is 4.35. The monoisotopic (exact) mass is 1100 g/mol. The summed E-state index contributed by atoms with van der Waals surface area (Å²) in [5, 5.41) is 48.2. The number of phosphoric ester groups is 1. The molecule has 2 aliphatic rings. The summed E-state index contributed by atoms with van der Waals surface area (Å²) in [4.78, 5) is 166. The van der Waals surface area contributed by atoms with Crippen LogP contribution in [0.4, 0.5) is 0 Å². The van der Waals surface area contributed by atoms with Crippen LogP contribution in [0.15, 0.2) is 42.9 Å². The lowest BCUT2D eigenvalue weighted by molar-refractivity contribution is -0.345. The number of carbonyl (C=O) groups excluding carboxylic acids is 10. The molecule has 27 nitrogen and oxygen atoms in total. The van der Waals surface area contributed by atoms with Crippen molar-refractivity contribution in [3.63, 3.8) is 0 Å². The Morgan fingerprint density at radius 2 is 1.46 bits per heavy atom. The molecule has 4 heterocycles. The number of rotatable bonds is 27. The zero-order valence-corrected chi connectivity index (χ0v) is 43.7. The lowest BCUT2D eigenvalue weighted by Crippen LogP contribution is -2.62. The zero-order chi connectivity index (χ0) is 56.0. The molecule has 0 unspecified atom stereocenters. The lowest BCUT2D eigenvalue weighted by Gasteiger charge is -2.35. The minimum Gasteiger partial charge on any atom is -0.790 e. The summed E-state index contributed by atoms with van der Waals surface area (Å²) in [6, 6.07) is -2.82. The maximum Gasteiger partial charge on any atom is 0.246 e. The van der Waals surface area contributed by atoms with E-state index in [1.165, 1.54) is 33.7 Å². The highest BCUT2D eigenvalue weighted by atomic mass is 32.1. The summed E-state index contributed by atoms with van der Waals surface area (Å²) in [5.41, 5.74) is 0.287. The number of hydrogen-bond donors (Lipinski definition) is 8. The number of aromatic amines is 1. The van der Waals surface area contributed by atoms with Crippen LogP contribution < -0.4 is 51.9 Å². The van der Waals surface area contributed by atoms with Crippen molar-refractivity contribution in [2.75, 3.05) is 19.7 Å². The van der Waals surface area contributed by atoms with Gasteiger partial charge in [0.25, 0.3) is 0 Å². The van der Waals surface area contributed by atoms with E-state index in [-0.39, 0.29) is 56.8 Å². The number of amides is 8. The normalized spacial score (nSPS) is 18.4. The fourth-order valence-electron chi connectivity index (χ4n) is 8.82. The number of likely N-dealkylation sites (tertiary alicyclic amines) is 2. The first-order valence-corrected chi connectivity index (χ1v) is 26.7. The van der Waals surface area contributed by atoms with E-state index in [4.69, 9.17) is 0 Å². The number of thiophene rings is 1. The van der Waals surface area contributed by atoms with Crippen LogP contribution >= 0.6 is 19.2 Å². The maximum atomic E-state index is 14.3. The number of phosphoric acid groups is 1. The molecule has 2 aromatic heterocycles. The average Bonchev–Trinajstić information content (AvgIpc) is 4.20. The number of aliphatic hydroxyl groups is 1. The van der Waals surface area contributed by atoms with Crippen LogP contribution in [-0.4, -0.2) is 158 Å². The molecule has 0 aliphatic carbocycles. The molecule has 1 aromatic carbocycles. The molecule has 2 aliphatic heterocycles. The van der Waals surface area contributed by atoms with Crippen LogP contribution in [0.25, 0.3) is 10.1 Å². The summed E-state index contributed by atoms with van der Waals surface area (Å²) in [5.74, 6) is -11.1. The number of aryl methyl sites for hydroxylation is 1. The van der Waals surface area contributed by atoms with Crippen molar-refractivity contribution in [3.05, 3.63) is 53.4 Å². The number of nitrogens with zero attached hydrogens (tertiary/aromatic N) is 3. The fourth-order valence-corrected chi connectivity index (χ4v) is 10.4. The molecule has 76 heavy (non-hydrogen) atoms. The second kappa shape index (κ2) is 27.3. The van der Waals surface area contributed by atoms with Gasteiger partial charge in [0.1, 0.15) is 42.3 Å². The van der Waals surface area contributed by atoms with Gasteiger partial charge in [-0.1, -0.05) is 32.0 Å². The number of carboxylic acids is 2. The van der Waals surface area contributed by atoms with Crippen LogP contribution in [0.5, 0.6) is 0 Å². The Labute approximate surface area is 439 Å². The average molecular weight is 1100 g/mol. The Hall–Kier alpha value is -6.84. The number of fused-ring (bicyclic) bond motifs is 1. The van der Waals surface area contributed by atoms with Crippen LogP contribution in [0, 0.1) is 5.92 Å². The summed E-state index contributed by atoms with van der Waals surface area (Å²) >= 11 is 1.51. The van der Waals surface area contributed by atoms with E-state index in [0.717, 1.165) is 28.8 Å². The number of carboxylic acid groups (broad SMARTS) is 2. The van der Waals surface area contributed by atoms with Crippen molar-refractivity contribution in [1.82, 2.24) is 51.7 Å². The number of benzene rings is 1. The molecule has 2 fully saturated rings. The molecule has 0 spiro atoms. The minimum atomic E-state index is -5.80. The van der Waals surface area contributed by atoms with Gasteiger partial charge in [0.15, 0.2) is 0 Å². The Morgan fingerprint density at radius 3 is 2.08 bits per heavy atom. The predicted octanol–water partition coefficient (Wildman–Crippen LogP) is -5.13. The van der Waals surface area contributed by atoms with E-state index in [1.54, 1.807) is 13.8 Å². The van der Waals surface area contributed by atoms with Gasteiger partial charge in [-0.3, -0.25) is 38.4 Å². The van der Waals surface area contributed by atoms with E-state index in [1.807, 2.05) is 41.0 Å². The number of nitrogens with one attached hydrogen (secondary N) is 7. The quantitative estimate of drug-likeness (QED) is 0.0331. The Kier molecular flexibility index (Phi) is 21.5. The van der Waals surface area contributed by atoms with Crippen molar-refractivity contribution in [2.45, 2.75) is 140 Å². The molecule has 0 saturated carbocycles. The minimum absolute atomic E-state index is 0.00123. The Morgan fingerprint density at radius 1 is 0.816 bits per heavy atom. The van der Waals surface area contributed by atoms with Gasteiger partial charge < -0.3 is 90.5 Å². The van der Waals surface area contributed by atoms with Gasteiger partial charge in [-0.2, -0.15) is 0 Å². The molecule has 29 heteroatoms. The number of hydrogen-bond acceptors (Lipinski definition) is 19. The molecular weight excluding hydrogens is 1040 g/mol. The molecule has 0 bridgehead atoms. The number of carbonyl (C=O) groups is 10. The Balaban J connectivity index is 1.26. The summed E-state index contributed by atoms with van der Waals surface area (Å²) in [7, 11) is -5.80. The fraction of sp³-hybridized carbons (Fsp3) is 0.553. The highest BCUT2D eigenvalue weighted by Gasteiger charge is 2.44. The van der Waals surface area contributed by atoms with Gasteiger partial charge in [-0.15, -0.1) is 11.3 Å². The van der Waals surface area contributed by atoms with E-state index in [2.05, 4.69) is 35.8 Å². The Bertz CT molecular complexity index is 2610. The first kappa shape index (κ1) is 60.0. The molecule has 5 rings (SSSR count). The first-order chi connectivity index (χ1) is 35.8. The van der Waals surface area contributed by atoms with Crippen LogP contribution in [0.3, 0.4) is 0 Å². The third-order valence-electron chi connectivity index (χ3n) is 12.6. The van der Waals surface area contributed by atoms with Gasteiger partial charge in [0.2, 0.25) is 47.3 Å². The van der Waals surface area contributed by atoms with E-state index >= 15 is 0 Å².